The summed E-state index contributed by atoms with van der Waals surface area (Å²) in [6, 6.07) is 0. The number of rotatable bonds is 0. The van der Waals surface area contributed by atoms with Crippen molar-refractivity contribution >= 4 is 75.8 Å². The van der Waals surface area contributed by atoms with E-state index in [9.17, 15) is 0 Å². The lowest BCUT2D eigenvalue weighted by Gasteiger charge is -2.05. The van der Waals surface area contributed by atoms with Crippen molar-refractivity contribution in [2.75, 3.05) is 0 Å². The molecule has 0 amide bonds. The van der Waals surface area contributed by atoms with E-state index in [1.54, 1.807) is 0 Å². The van der Waals surface area contributed by atoms with Crippen LogP contribution in [0, 0.1) is 0 Å². The van der Waals surface area contributed by atoms with Gasteiger partial charge in [0.15, 0.2) is 0 Å². The molecule has 0 heterocycles. The number of hydrogen-bond donors (Lipinski definition) is 0. The van der Waals surface area contributed by atoms with Gasteiger partial charge in [-0.2, -0.15) is 0 Å². The van der Waals surface area contributed by atoms with Crippen LogP contribution in [0.5, 0.6) is 0 Å². The zero-order chi connectivity index (χ0) is 4.50. The average molecular weight is 424 g/mol. The van der Waals surface area contributed by atoms with Gasteiger partial charge in [-0.3, -0.25) is 0 Å². The van der Waals surface area contributed by atoms with Crippen LogP contribution >= 0.6 is 76.3 Å². The Kier molecular flexibility index (Phi) is 4.06. The van der Waals surface area contributed by atoms with Crippen LogP contribution < -0.4 is 0 Å². The molecule has 0 aromatic rings. The van der Waals surface area contributed by atoms with Gasteiger partial charge in [-0.15, -0.1) is 0 Å². The van der Waals surface area contributed by atoms with Gasteiger partial charge in [0.2, 0.25) is -0.493 Å². The summed E-state index contributed by atoms with van der Waals surface area (Å²) >= 11 is 11.2. The summed E-state index contributed by atoms with van der Waals surface area (Å²) in [5, 5.41) is 0. The lowest BCUT2D eigenvalue weighted by Crippen LogP contribution is -1.85. The highest BCUT2D eigenvalue weighted by atomic mass is 127. The molecular formula is BBr2I2-. The molecule has 0 aromatic heterocycles. The maximum Gasteiger partial charge on any atom is 0.240 e. The zero-order valence-electron chi connectivity index (χ0n) is 2.09. The Morgan fingerprint density at radius 3 is 1.20 bits per heavy atom. The zero-order valence-corrected chi connectivity index (χ0v) is 9.58. The molecule has 5 heteroatoms. The molecule has 0 unspecified atom stereocenters. The summed E-state index contributed by atoms with van der Waals surface area (Å²) in [5.41, 5.74) is 0. The van der Waals surface area contributed by atoms with Crippen LogP contribution in [0.2, 0.25) is 0 Å². The van der Waals surface area contributed by atoms with Crippen molar-refractivity contribution in [1.82, 2.24) is 0 Å². The van der Waals surface area contributed by atoms with E-state index in [2.05, 4.69) is 76.3 Å². The van der Waals surface area contributed by atoms with Crippen LogP contribution in [0.1, 0.15) is 0 Å². The van der Waals surface area contributed by atoms with Crippen molar-refractivity contribution in [3.63, 3.8) is 0 Å². The molecule has 0 atom stereocenters. The monoisotopic (exact) mass is 423 g/mol. The average Bonchev–Trinajstić information content (AvgIpc) is 0.722. The van der Waals surface area contributed by atoms with Gasteiger partial charge in [-0.25, -0.2) is 0 Å². The molecule has 0 radical (unpaired) electrons. The van der Waals surface area contributed by atoms with Crippen LogP contribution in [0.4, 0.5) is 0 Å². The molecule has 32 valence electrons. The fourth-order valence-corrected chi connectivity index (χ4v) is 0. The van der Waals surface area contributed by atoms with Gasteiger partial charge >= 0.3 is 0 Å². The van der Waals surface area contributed by atoms with E-state index in [0.717, 1.165) is 0 Å². The molecule has 0 bridgehead atoms. The van der Waals surface area contributed by atoms with Gasteiger partial charge in [-0.1, -0.05) is 0 Å². The molecule has 0 fully saturated rings. The Morgan fingerprint density at radius 2 is 1.20 bits per heavy atom. The molecule has 0 aromatic carbocycles. The van der Waals surface area contributed by atoms with Gasteiger partial charge < -0.3 is 76.3 Å². The second kappa shape index (κ2) is 2.71. The smallest absolute Gasteiger partial charge is 0.240 e. The summed E-state index contributed by atoms with van der Waals surface area (Å²) in [7, 11) is 0. The first-order valence-corrected chi connectivity index (χ1v) is 5.20. The van der Waals surface area contributed by atoms with E-state index in [1.165, 1.54) is 0 Å². The fraction of sp³-hybridized carbons (Fsp3) is 0. The quantitative estimate of drug-likeness (QED) is 0.414. The van der Waals surface area contributed by atoms with Crippen molar-refractivity contribution in [3.05, 3.63) is 0 Å². The van der Waals surface area contributed by atoms with Crippen molar-refractivity contribution in [2.24, 2.45) is 0 Å². The van der Waals surface area contributed by atoms with Crippen LogP contribution in [-0.2, 0) is 0 Å². The summed E-state index contributed by atoms with van der Waals surface area (Å²) in [4.78, 5) is 0. The molecule has 0 rings (SSSR count). The first-order chi connectivity index (χ1) is 2.00. The van der Waals surface area contributed by atoms with Gasteiger partial charge in [0.05, 0.1) is 0 Å². The van der Waals surface area contributed by atoms with Crippen LogP contribution in [0.25, 0.3) is 0 Å². The van der Waals surface area contributed by atoms with Crippen molar-refractivity contribution in [3.8, 4) is 0 Å². The molecular weight excluding hydrogens is 424 g/mol. The third-order valence-electron chi connectivity index (χ3n) is 0. The van der Waals surface area contributed by atoms with E-state index in [1.807, 2.05) is 0 Å². The molecule has 0 aliphatic heterocycles. The lowest BCUT2D eigenvalue weighted by atomic mass is 10.8. The van der Waals surface area contributed by atoms with Crippen molar-refractivity contribution in [2.45, 2.75) is 0 Å². The third kappa shape index (κ3) is 21.1. The minimum atomic E-state index is -0.435. The largest absolute Gasteiger partial charge is 0.313 e. The first-order valence-electron chi connectivity index (χ1n) is 0.873. The normalized spacial score (nSPS) is 12.0. The highest BCUT2D eigenvalue weighted by molar-refractivity contribution is 14.3. The second-order valence-electron chi connectivity index (χ2n) is 0.495. The third-order valence-corrected chi connectivity index (χ3v) is 0. The molecule has 0 spiro atoms. The van der Waals surface area contributed by atoms with Crippen molar-refractivity contribution < 1.29 is 0 Å². The topological polar surface area (TPSA) is 0 Å². The standard InChI is InChI=1S/BBr2I2/c2-1(3,4)5/q-1. The molecule has 0 N–H and O–H groups in total. The Labute approximate surface area is 74.4 Å². The maximum atomic E-state index is 3.33. The summed E-state index contributed by atoms with van der Waals surface area (Å²) in [6.45, 7) is 0. The lowest BCUT2D eigenvalue weighted by molar-refractivity contribution is 5.02. The van der Waals surface area contributed by atoms with E-state index < -0.39 is -0.493 Å². The Hall–Kier alpha value is 2.48. The molecule has 0 saturated heterocycles. The minimum Gasteiger partial charge on any atom is -0.313 e. The van der Waals surface area contributed by atoms with Gasteiger partial charge in [0.25, 0.3) is 0 Å². The fourth-order valence-electron chi connectivity index (χ4n) is 0. The van der Waals surface area contributed by atoms with Crippen LogP contribution in [-0.4, -0.2) is -0.493 Å². The second-order valence-corrected chi connectivity index (χ2v) is 17.4. The predicted octanol–water partition coefficient (Wildman–Crippen LogP) is 3.08. The van der Waals surface area contributed by atoms with Gasteiger partial charge in [0, 0.05) is 0 Å². The summed E-state index contributed by atoms with van der Waals surface area (Å²) in [6.07, 6.45) is 0. The number of halogens is 4. The van der Waals surface area contributed by atoms with Crippen LogP contribution in [0.15, 0.2) is 0 Å². The van der Waals surface area contributed by atoms with Gasteiger partial charge in [0.1, 0.15) is 0 Å². The highest BCUT2D eigenvalue weighted by Gasteiger charge is 1.99. The SMILES string of the molecule is Br[B-](Br)(I)I. The number of hydrogen-bond acceptors (Lipinski definition) is 0. The predicted molar refractivity (Wildman–Crippen MR) is 51.6 cm³/mol. The van der Waals surface area contributed by atoms with E-state index in [0.29, 0.717) is 0 Å². The Bertz CT molecular complexity index is 23.1. The molecule has 0 aliphatic carbocycles. The molecule has 0 nitrogen and oxygen atoms in total. The minimum absolute atomic E-state index is 0.435. The highest BCUT2D eigenvalue weighted by Crippen LogP contribution is 2.34. The van der Waals surface area contributed by atoms with E-state index >= 15 is 0 Å². The van der Waals surface area contributed by atoms with E-state index in [4.69, 9.17) is 0 Å². The Balaban J connectivity index is 3.02. The maximum absolute atomic E-state index is 3.33. The molecule has 0 aliphatic rings. The summed E-state index contributed by atoms with van der Waals surface area (Å²) < 4.78 is -0.435. The van der Waals surface area contributed by atoms with E-state index in [-0.39, 0.29) is 0 Å². The molecule has 5 heavy (non-hydrogen) atoms. The molecule has 0 saturated carbocycles. The van der Waals surface area contributed by atoms with Gasteiger partial charge in [-0.05, 0) is 0 Å². The first kappa shape index (κ1) is 7.48. The summed E-state index contributed by atoms with van der Waals surface area (Å²) in [5.74, 6) is 0. The van der Waals surface area contributed by atoms with Crippen molar-refractivity contribution in [1.29, 1.82) is 0 Å². The van der Waals surface area contributed by atoms with Crippen LogP contribution in [0.3, 0.4) is 0 Å². The Morgan fingerprint density at radius 1 is 1.20 bits per heavy atom.